The molecular formula is C14H15N3O. The van der Waals surface area contributed by atoms with E-state index in [1.807, 2.05) is 31.2 Å². The zero-order valence-corrected chi connectivity index (χ0v) is 10.2. The second-order valence-corrected chi connectivity index (χ2v) is 4.54. The number of fused-ring (bicyclic) bond motifs is 3. The first kappa shape index (κ1) is 11.0. The van der Waals surface area contributed by atoms with E-state index in [0.29, 0.717) is 6.54 Å². The summed E-state index contributed by atoms with van der Waals surface area (Å²) >= 11 is 0. The van der Waals surface area contributed by atoms with Crippen LogP contribution in [-0.4, -0.2) is 17.4 Å². The molecule has 0 aliphatic carbocycles. The van der Waals surface area contributed by atoms with E-state index in [4.69, 9.17) is 0 Å². The first-order chi connectivity index (χ1) is 8.79. The van der Waals surface area contributed by atoms with Crippen molar-refractivity contribution in [1.29, 1.82) is 0 Å². The molecule has 4 nitrogen and oxygen atoms in total. The molecular weight excluding hydrogens is 226 g/mol. The van der Waals surface area contributed by atoms with Crippen LogP contribution in [0.3, 0.4) is 0 Å². The number of benzene rings is 1. The first-order valence-corrected chi connectivity index (χ1v) is 6.22. The van der Waals surface area contributed by atoms with Crippen LogP contribution in [0.5, 0.6) is 0 Å². The first-order valence-electron chi connectivity index (χ1n) is 6.22. The zero-order valence-electron chi connectivity index (χ0n) is 10.2. The van der Waals surface area contributed by atoms with Gasteiger partial charge in [-0.05, 0) is 12.5 Å². The molecule has 0 radical (unpaired) electrons. The maximum Gasteiger partial charge on any atom is 0.229 e. The molecule has 2 N–H and O–H groups in total. The van der Waals surface area contributed by atoms with E-state index in [1.54, 1.807) is 6.20 Å². The molecule has 0 saturated carbocycles. The van der Waals surface area contributed by atoms with Gasteiger partial charge in [0.2, 0.25) is 5.91 Å². The predicted molar refractivity (Wildman–Crippen MR) is 72.6 cm³/mol. The Balaban J connectivity index is 2.13. The molecule has 92 valence electrons. The highest BCUT2D eigenvalue weighted by Crippen LogP contribution is 2.32. The number of hydrogen-bond donors (Lipinski definition) is 2. The molecule has 2 heterocycles. The molecule has 0 saturated heterocycles. The van der Waals surface area contributed by atoms with Crippen LogP contribution in [0.15, 0.2) is 30.5 Å². The third-order valence-electron chi connectivity index (χ3n) is 3.42. The van der Waals surface area contributed by atoms with Crippen molar-refractivity contribution in [3.05, 3.63) is 30.5 Å². The summed E-state index contributed by atoms with van der Waals surface area (Å²) in [5.41, 5.74) is 2.69. The van der Waals surface area contributed by atoms with Gasteiger partial charge in [0.15, 0.2) is 0 Å². The molecule has 0 bridgehead atoms. The lowest BCUT2D eigenvalue weighted by molar-refractivity contribution is -0.119. The maximum absolute atomic E-state index is 12.0. The molecule has 1 amide bonds. The minimum Gasteiger partial charge on any atom is -0.382 e. The number of aromatic nitrogens is 1. The summed E-state index contributed by atoms with van der Waals surface area (Å²) in [6.45, 7) is 2.70. The van der Waals surface area contributed by atoms with Crippen molar-refractivity contribution in [2.24, 2.45) is 5.92 Å². The average Bonchev–Trinajstić information content (AvgIpc) is 2.57. The van der Waals surface area contributed by atoms with Crippen LogP contribution in [-0.2, 0) is 4.79 Å². The highest BCUT2D eigenvalue weighted by Gasteiger charge is 2.22. The van der Waals surface area contributed by atoms with Crippen LogP contribution in [0, 0.1) is 5.92 Å². The van der Waals surface area contributed by atoms with Gasteiger partial charge < -0.3 is 10.6 Å². The van der Waals surface area contributed by atoms with Crippen LogP contribution in [0.1, 0.15) is 13.3 Å². The van der Waals surface area contributed by atoms with Crippen LogP contribution >= 0.6 is 0 Å². The van der Waals surface area contributed by atoms with Gasteiger partial charge in [0.25, 0.3) is 0 Å². The average molecular weight is 241 g/mol. The van der Waals surface area contributed by atoms with Gasteiger partial charge in [-0.1, -0.05) is 25.1 Å². The molecule has 1 aromatic carbocycles. The SMILES string of the molecule is CCC1CNc2c(cnc3ccccc23)NC1=O. The summed E-state index contributed by atoms with van der Waals surface area (Å²) in [4.78, 5) is 16.3. The lowest BCUT2D eigenvalue weighted by Crippen LogP contribution is -2.24. The number of amides is 1. The fraction of sp³-hybridized carbons (Fsp3) is 0.286. The van der Waals surface area contributed by atoms with Gasteiger partial charge in [-0.25, -0.2) is 0 Å². The van der Waals surface area contributed by atoms with Crippen molar-refractivity contribution in [2.75, 3.05) is 17.2 Å². The van der Waals surface area contributed by atoms with Gasteiger partial charge in [0, 0.05) is 11.9 Å². The van der Waals surface area contributed by atoms with Gasteiger partial charge in [0.05, 0.1) is 29.0 Å². The van der Waals surface area contributed by atoms with Crippen LogP contribution in [0.2, 0.25) is 0 Å². The molecule has 1 unspecified atom stereocenters. The Morgan fingerprint density at radius 1 is 1.39 bits per heavy atom. The van der Waals surface area contributed by atoms with Crippen molar-refractivity contribution < 1.29 is 4.79 Å². The van der Waals surface area contributed by atoms with Gasteiger partial charge in [-0.2, -0.15) is 0 Å². The minimum absolute atomic E-state index is 0.0103. The highest BCUT2D eigenvalue weighted by molar-refractivity contribution is 6.05. The molecule has 0 spiro atoms. The zero-order chi connectivity index (χ0) is 12.5. The Bertz CT molecular complexity index is 609. The Morgan fingerprint density at radius 2 is 2.22 bits per heavy atom. The van der Waals surface area contributed by atoms with Gasteiger partial charge in [-0.3, -0.25) is 9.78 Å². The number of rotatable bonds is 1. The molecule has 18 heavy (non-hydrogen) atoms. The van der Waals surface area contributed by atoms with Crippen molar-refractivity contribution in [2.45, 2.75) is 13.3 Å². The summed E-state index contributed by atoms with van der Waals surface area (Å²) in [5.74, 6) is 0.0805. The lowest BCUT2D eigenvalue weighted by atomic mass is 10.1. The van der Waals surface area contributed by atoms with Crippen molar-refractivity contribution in [3.8, 4) is 0 Å². The number of carbonyl (C=O) groups excluding carboxylic acids is 1. The molecule has 1 aliphatic rings. The monoisotopic (exact) mass is 241 g/mol. The third kappa shape index (κ3) is 1.70. The lowest BCUT2D eigenvalue weighted by Gasteiger charge is -2.10. The Hall–Kier alpha value is -2.10. The molecule has 1 atom stereocenters. The summed E-state index contributed by atoms with van der Waals surface area (Å²) in [6.07, 6.45) is 2.55. The molecule has 3 rings (SSSR count). The summed E-state index contributed by atoms with van der Waals surface area (Å²) in [6, 6.07) is 7.94. The second-order valence-electron chi connectivity index (χ2n) is 4.54. The number of hydrogen-bond acceptors (Lipinski definition) is 3. The standard InChI is InChI=1S/C14H15N3O/c1-2-9-7-16-13-10-5-3-4-6-11(10)15-8-12(13)17-14(9)18/h3-6,8-9,16H,2,7H2,1H3,(H,17,18). The summed E-state index contributed by atoms with van der Waals surface area (Å²) < 4.78 is 0. The van der Waals surface area contributed by atoms with E-state index < -0.39 is 0 Å². The summed E-state index contributed by atoms with van der Waals surface area (Å²) in [7, 11) is 0. The number of pyridine rings is 1. The highest BCUT2D eigenvalue weighted by atomic mass is 16.1. The van der Waals surface area contributed by atoms with Gasteiger partial charge >= 0.3 is 0 Å². The van der Waals surface area contributed by atoms with E-state index in [9.17, 15) is 4.79 Å². The van der Waals surface area contributed by atoms with Crippen LogP contribution in [0.25, 0.3) is 10.9 Å². The number of nitrogens with one attached hydrogen (secondary N) is 2. The largest absolute Gasteiger partial charge is 0.382 e. The fourth-order valence-corrected chi connectivity index (χ4v) is 2.31. The predicted octanol–water partition coefficient (Wildman–Crippen LogP) is 2.62. The Kier molecular flexibility index (Phi) is 2.63. The smallest absolute Gasteiger partial charge is 0.229 e. The molecule has 1 aromatic heterocycles. The minimum atomic E-state index is 0.0103. The molecule has 2 aromatic rings. The fourth-order valence-electron chi connectivity index (χ4n) is 2.31. The van der Waals surface area contributed by atoms with E-state index in [1.165, 1.54) is 0 Å². The normalized spacial score (nSPS) is 18.7. The Morgan fingerprint density at radius 3 is 3.06 bits per heavy atom. The van der Waals surface area contributed by atoms with Crippen LogP contribution < -0.4 is 10.6 Å². The number of anilines is 2. The second kappa shape index (κ2) is 4.29. The quantitative estimate of drug-likeness (QED) is 0.807. The van der Waals surface area contributed by atoms with Gasteiger partial charge in [-0.15, -0.1) is 0 Å². The number of para-hydroxylation sites is 1. The van der Waals surface area contributed by atoms with E-state index in [2.05, 4.69) is 15.6 Å². The number of carbonyl (C=O) groups is 1. The van der Waals surface area contributed by atoms with Crippen molar-refractivity contribution in [1.82, 2.24) is 4.98 Å². The van der Waals surface area contributed by atoms with E-state index >= 15 is 0 Å². The van der Waals surface area contributed by atoms with E-state index in [0.717, 1.165) is 28.7 Å². The van der Waals surface area contributed by atoms with Crippen LogP contribution in [0.4, 0.5) is 11.4 Å². The van der Waals surface area contributed by atoms with E-state index in [-0.39, 0.29) is 11.8 Å². The maximum atomic E-state index is 12.0. The molecule has 4 heteroatoms. The number of nitrogens with zero attached hydrogens (tertiary/aromatic N) is 1. The Labute approximate surface area is 105 Å². The third-order valence-corrected chi connectivity index (χ3v) is 3.42. The molecule has 0 fully saturated rings. The van der Waals surface area contributed by atoms with Crippen molar-refractivity contribution in [3.63, 3.8) is 0 Å². The molecule has 1 aliphatic heterocycles. The summed E-state index contributed by atoms with van der Waals surface area (Å²) in [5, 5.41) is 7.38. The van der Waals surface area contributed by atoms with Crippen molar-refractivity contribution >= 4 is 28.2 Å². The van der Waals surface area contributed by atoms with Gasteiger partial charge in [0.1, 0.15) is 0 Å². The topological polar surface area (TPSA) is 54.0 Å².